The highest BCUT2D eigenvalue weighted by molar-refractivity contribution is 5.37. The van der Waals surface area contributed by atoms with Crippen LogP contribution < -0.4 is 10.5 Å². The molecular weight excluding hydrogens is 243 g/mol. The summed E-state index contributed by atoms with van der Waals surface area (Å²) in [5.41, 5.74) is 6.79. The number of hydrogen-bond acceptors (Lipinski definition) is 3. The topological polar surface area (TPSA) is 38.5 Å². The smallest absolute Gasteiger partial charge is 0.123 e. The highest BCUT2D eigenvalue weighted by Crippen LogP contribution is 2.30. The molecule has 1 aliphatic carbocycles. The summed E-state index contributed by atoms with van der Waals surface area (Å²) in [6.45, 7) is 1.97. The summed E-state index contributed by atoms with van der Waals surface area (Å²) in [5.74, 6) is 1.39. The Labute approximate surface area is 113 Å². The van der Waals surface area contributed by atoms with E-state index in [0.29, 0.717) is 6.04 Å². The SMILES string of the molecule is CN(CC1CC(N)C1)CC1Cc2cc(F)ccc2O1. The third-order valence-corrected chi connectivity index (χ3v) is 4.12. The lowest BCUT2D eigenvalue weighted by molar-refractivity contribution is 0.129. The van der Waals surface area contributed by atoms with Gasteiger partial charge in [-0.15, -0.1) is 0 Å². The van der Waals surface area contributed by atoms with E-state index in [9.17, 15) is 4.39 Å². The molecule has 1 heterocycles. The fourth-order valence-corrected chi connectivity index (χ4v) is 3.19. The molecule has 3 nitrogen and oxygen atoms in total. The normalized spacial score (nSPS) is 28.9. The van der Waals surface area contributed by atoms with Crippen molar-refractivity contribution in [3.63, 3.8) is 0 Å². The lowest BCUT2D eigenvalue weighted by Crippen LogP contribution is -2.43. The van der Waals surface area contributed by atoms with Crippen LogP contribution in [-0.2, 0) is 6.42 Å². The molecule has 3 rings (SSSR count). The van der Waals surface area contributed by atoms with Crippen molar-refractivity contribution in [1.29, 1.82) is 0 Å². The number of rotatable bonds is 4. The standard InChI is InChI=1S/C15H21FN2O/c1-18(8-10-4-13(17)5-10)9-14-7-11-6-12(16)2-3-15(11)19-14/h2-3,6,10,13-14H,4-5,7-9,17H2,1H3. The van der Waals surface area contributed by atoms with Gasteiger partial charge in [0.2, 0.25) is 0 Å². The molecule has 0 amide bonds. The Balaban J connectivity index is 1.50. The largest absolute Gasteiger partial charge is 0.488 e. The minimum absolute atomic E-state index is 0.149. The van der Waals surface area contributed by atoms with Crippen molar-refractivity contribution in [2.24, 2.45) is 11.7 Å². The van der Waals surface area contributed by atoms with Crippen LogP contribution in [0.4, 0.5) is 4.39 Å². The fraction of sp³-hybridized carbons (Fsp3) is 0.600. The molecule has 1 unspecified atom stereocenters. The van der Waals surface area contributed by atoms with E-state index in [1.54, 1.807) is 12.1 Å². The Kier molecular flexibility index (Phi) is 3.46. The molecule has 2 N–H and O–H groups in total. The van der Waals surface area contributed by atoms with Crippen LogP contribution in [0.5, 0.6) is 5.75 Å². The minimum atomic E-state index is -0.181. The second-order valence-electron chi connectivity index (χ2n) is 6.01. The Bertz CT molecular complexity index is 459. The summed E-state index contributed by atoms with van der Waals surface area (Å²) in [6.07, 6.45) is 3.24. The number of benzene rings is 1. The number of halogens is 1. The van der Waals surface area contributed by atoms with Gasteiger partial charge in [0, 0.05) is 31.1 Å². The van der Waals surface area contributed by atoms with Gasteiger partial charge >= 0.3 is 0 Å². The molecule has 0 bridgehead atoms. The second kappa shape index (κ2) is 5.10. The van der Waals surface area contributed by atoms with E-state index in [1.165, 1.54) is 6.07 Å². The Hall–Kier alpha value is -1.13. The molecule has 19 heavy (non-hydrogen) atoms. The van der Waals surface area contributed by atoms with Gasteiger partial charge in [-0.2, -0.15) is 0 Å². The molecule has 1 fully saturated rings. The third-order valence-electron chi connectivity index (χ3n) is 4.12. The predicted octanol–water partition coefficient (Wildman–Crippen LogP) is 1.80. The van der Waals surface area contributed by atoms with E-state index in [-0.39, 0.29) is 11.9 Å². The minimum Gasteiger partial charge on any atom is -0.488 e. The molecule has 0 radical (unpaired) electrons. The van der Waals surface area contributed by atoms with Crippen molar-refractivity contribution in [3.05, 3.63) is 29.6 Å². The van der Waals surface area contributed by atoms with Crippen molar-refractivity contribution >= 4 is 0 Å². The number of nitrogens with two attached hydrogens (primary N) is 1. The predicted molar refractivity (Wildman–Crippen MR) is 72.7 cm³/mol. The summed E-state index contributed by atoms with van der Waals surface area (Å²) in [6, 6.07) is 5.18. The van der Waals surface area contributed by atoms with Gasteiger partial charge in [-0.25, -0.2) is 4.39 Å². The van der Waals surface area contributed by atoms with Crippen LogP contribution >= 0.6 is 0 Å². The summed E-state index contributed by atoms with van der Waals surface area (Å²) >= 11 is 0. The van der Waals surface area contributed by atoms with E-state index in [2.05, 4.69) is 11.9 Å². The highest BCUT2D eigenvalue weighted by atomic mass is 19.1. The Morgan fingerprint density at radius 2 is 2.16 bits per heavy atom. The van der Waals surface area contributed by atoms with Crippen molar-refractivity contribution in [2.75, 3.05) is 20.1 Å². The van der Waals surface area contributed by atoms with Crippen molar-refractivity contribution in [3.8, 4) is 5.75 Å². The zero-order valence-corrected chi connectivity index (χ0v) is 11.3. The molecular formula is C15H21FN2O. The fourth-order valence-electron chi connectivity index (χ4n) is 3.19. The van der Waals surface area contributed by atoms with Gasteiger partial charge in [0.25, 0.3) is 0 Å². The van der Waals surface area contributed by atoms with Crippen molar-refractivity contribution in [1.82, 2.24) is 4.90 Å². The molecule has 1 saturated carbocycles. The molecule has 104 valence electrons. The number of nitrogens with zero attached hydrogens (tertiary/aromatic N) is 1. The average molecular weight is 264 g/mol. The molecule has 0 spiro atoms. The van der Waals surface area contributed by atoms with E-state index in [0.717, 1.165) is 49.6 Å². The molecule has 1 aromatic carbocycles. The first-order chi connectivity index (χ1) is 9.10. The van der Waals surface area contributed by atoms with Gasteiger partial charge in [0.05, 0.1) is 0 Å². The number of ether oxygens (including phenoxy) is 1. The maximum absolute atomic E-state index is 13.1. The molecule has 2 aliphatic rings. The first-order valence-corrected chi connectivity index (χ1v) is 6.99. The number of likely N-dealkylation sites (N-methyl/N-ethyl adjacent to an activating group) is 1. The van der Waals surface area contributed by atoms with Gasteiger partial charge in [0.1, 0.15) is 17.7 Å². The molecule has 1 atom stereocenters. The summed E-state index contributed by atoms with van der Waals surface area (Å²) in [7, 11) is 2.12. The van der Waals surface area contributed by atoms with Crippen LogP contribution in [0.15, 0.2) is 18.2 Å². The van der Waals surface area contributed by atoms with Crippen LogP contribution in [0.1, 0.15) is 18.4 Å². The van der Waals surface area contributed by atoms with Crippen LogP contribution in [0.25, 0.3) is 0 Å². The zero-order chi connectivity index (χ0) is 13.4. The Morgan fingerprint density at radius 3 is 2.89 bits per heavy atom. The van der Waals surface area contributed by atoms with E-state index >= 15 is 0 Å². The first-order valence-electron chi connectivity index (χ1n) is 6.99. The molecule has 0 saturated heterocycles. The second-order valence-corrected chi connectivity index (χ2v) is 6.01. The van der Waals surface area contributed by atoms with Crippen molar-refractivity contribution in [2.45, 2.75) is 31.4 Å². The maximum Gasteiger partial charge on any atom is 0.123 e. The first kappa shape index (κ1) is 12.9. The van der Waals surface area contributed by atoms with Crippen LogP contribution in [0, 0.1) is 11.7 Å². The summed E-state index contributed by atoms with van der Waals surface area (Å²) in [4.78, 5) is 2.31. The van der Waals surface area contributed by atoms with Crippen LogP contribution in [0.3, 0.4) is 0 Å². The van der Waals surface area contributed by atoms with Crippen LogP contribution in [-0.4, -0.2) is 37.2 Å². The molecule has 1 aromatic rings. The lowest BCUT2D eigenvalue weighted by Gasteiger charge is -2.35. The van der Waals surface area contributed by atoms with Gasteiger partial charge in [-0.3, -0.25) is 0 Å². The van der Waals surface area contributed by atoms with Gasteiger partial charge in [0.15, 0.2) is 0 Å². The average Bonchev–Trinajstić information content (AvgIpc) is 2.68. The molecule has 0 aromatic heterocycles. The highest BCUT2D eigenvalue weighted by Gasteiger charge is 2.29. The Morgan fingerprint density at radius 1 is 1.37 bits per heavy atom. The van der Waals surface area contributed by atoms with E-state index in [1.807, 2.05) is 0 Å². The van der Waals surface area contributed by atoms with E-state index < -0.39 is 0 Å². The van der Waals surface area contributed by atoms with E-state index in [4.69, 9.17) is 10.5 Å². The van der Waals surface area contributed by atoms with Gasteiger partial charge in [-0.1, -0.05) is 0 Å². The van der Waals surface area contributed by atoms with Gasteiger partial charge < -0.3 is 15.4 Å². The molecule has 4 heteroatoms. The molecule has 1 aliphatic heterocycles. The lowest BCUT2D eigenvalue weighted by atomic mass is 9.80. The monoisotopic (exact) mass is 264 g/mol. The van der Waals surface area contributed by atoms with Crippen molar-refractivity contribution < 1.29 is 9.13 Å². The third kappa shape index (κ3) is 2.90. The quantitative estimate of drug-likeness (QED) is 0.901. The summed E-state index contributed by atoms with van der Waals surface area (Å²) < 4.78 is 19.0. The number of hydrogen-bond donors (Lipinski definition) is 1. The van der Waals surface area contributed by atoms with Crippen LogP contribution in [0.2, 0.25) is 0 Å². The maximum atomic E-state index is 13.1. The van der Waals surface area contributed by atoms with Gasteiger partial charge in [-0.05, 0) is 44.0 Å². The zero-order valence-electron chi connectivity index (χ0n) is 11.3. The number of fused-ring (bicyclic) bond motifs is 1. The summed E-state index contributed by atoms with van der Waals surface area (Å²) in [5, 5.41) is 0.